The van der Waals surface area contributed by atoms with Gasteiger partial charge in [0.1, 0.15) is 5.60 Å². The minimum Gasteiger partial charge on any atom is -0.440 e. The van der Waals surface area contributed by atoms with Crippen molar-refractivity contribution >= 4 is 22.0 Å². The van der Waals surface area contributed by atoms with E-state index in [1.807, 2.05) is 6.92 Å². The summed E-state index contributed by atoms with van der Waals surface area (Å²) >= 11 is 3.28. The van der Waals surface area contributed by atoms with Crippen molar-refractivity contribution in [3.05, 3.63) is 0 Å². The molecule has 1 unspecified atom stereocenters. The number of carbonyl (C=O) groups is 1. The lowest BCUT2D eigenvalue weighted by molar-refractivity contribution is 0.0903. The van der Waals surface area contributed by atoms with E-state index in [-0.39, 0.29) is 11.7 Å². The Labute approximate surface area is 68.5 Å². The van der Waals surface area contributed by atoms with Crippen molar-refractivity contribution in [3.63, 3.8) is 0 Å². The van der Waals surface area contributed by atoms with Crippen molar-refractivity contribution < 1.29 is 9.53 Å². The largest absolute Gasteiger partial charge is 0.440 e. The molecule has 0 aromatic carbocycles. The van der Waals surface area contributed by atoms with Gasteiger partial charge in [-0.15, -0.1) is 0 Å². The minimum absolute atomic E-state index is 0.234. The van der Waals surface area contributed by atoms with Crippen LogP contribution >= 0.6 is 15.9 Å². The highest BCUT2D eigenvalue weighted by Crippen LogP contribution is 2.22. The lowest BCUT2D eigenvalue weighted by atomic mass is 10.1. The molecule has 1 aliphatic rings. The first kappa shape index (κ1) is 7.85. The Hall–Kier alpha value is -0.250. The fourth-order valence-electron chi connectivity index (χ4n) is 0.957. The van der Waals surface area contributed by atoms with Crippen LogP contribution < -0.4 is 0 Å². The summed E-state index contributed by atoms with van der Waals surface area (Å²) in [6, 6.07) is 0. The van der Waals surface area contributed by atoms with Gasteiger partial charge >= 0.3 is 6.09 Å². The lowest BCUT2D eigenvalue weighted by Gasteiger charge is -2.16. The summed E-state index contributed by atoms with van der Waals surface area (Å²) in [7, 11) is 1.73. The molecule has 1 fully saturated rings. The monoisotopic (exact) mass is 207 g/mol. The number of amides is 1. The van der Waals surface area contributed by atoms with Gasteiger partial charge in [0.15, 0.2) is 0 Å². The number of ether oxygens (including phenoxy) is 1. The Morgan fingerprint density at radius 2 is 2.50 bits per heavy atom. The van der Waals surface area contributed by atoms with Gasteiger partial charge in [-0.25, -0.2) is 4.79 Å². The highest BCUT2D eigenvalue weighted by atomic mass is 79.9. The zero-order chi connectivity index (χ0) is 7.78. The fourth-order valence-corrected chi connectivity index (χ4v) is 1.25. The average Bonchev–Trinajstić information content (AvgIpc) is 2.10. The number of rotatable bonds is 1. The lowest BCUT2D eigenvalue weighted by Crippen LogP contribution is -2.31. The number of carbonyl (C=O) groups excluding carboxylic acids is 1. The number of cyclic esters (lactones) is 1. The summed E-state index contributed by atoms with van der Waals surface area (Å²) in [6.45, 7) is 2.57. The smallest absolute Gasteiger partial charge is 0.410 e. The Morgan fingerprint density at radius 1 is 1.90 bits per heavy atom. The van der Waals surface area contributed by atoms with Gasteiger partial charge < -0.3 is 9.64 Å². The molecule has 0 radical (unpaired) electrons. The standard InChI is InChI=1S/C6H10BrNO2/c1-6(3-7)4-8(2)5(9)10-6/h3-4H2,1-2H3. The van der Waals surface area contributed by atoms with E-state index >= 15 is 0 Å². The van der Waals surface area contributed by atoms with E-state index < -0.39 is 0 Å². The molecular weight excluding hydrogens is 198 g/mol. The maximum atomic E-state index is 10.8. The van der Waals surface area contributed by atoms with Crippen molar-refractivity contribution in [2.45, 2.75) is 12.5 Å². The van der Waals surface area contributed by atoms with Gasteiger partial charge in [-0.05, 0) is 6.92 Å². The van der Waals surface area contributed by atoms with Crippen LogP contribution in [0.15, 0.2) is 0 Å². The van der Waals surface area contributed by atoms with Crippen molar-refractivity contribution in [1.29, 1.82) is 0 Å². The van der Waals surface area contributed by atoms with Crippen LogP contribution in [0.2, 0.25) is 0 Å². The maximum Gasteiger partial charge on any atom is 0.410 e. The van der Waals surface area contributed by atoms with Crippen LogP contribution in [0.1, 0.15) is 6.92 Å². The number of likely N-dealkylation sites (N-methyl/N-ethyl adjacent to an activating group) is 1. The number of hydrogen-bond donors (Lipinski definition) is 0. The molecule has 1 heterocycles. The van der Waals surface area contributed by atoms with E-state index in [1.165, 1.54) is 0 Å². The third-order valence-corrected chi connectivity index (χ3v) is 2.69. The van der Waals surface area contributed by atoms with E-state index in [0.29, 0.717) is 11.9 Å². The molecule has 0 aromatic heterocycles. The molecule has 3 nitrogen and oxygen atoms in total. The Morgan fingerprint density at radius 3 is 2.70 bits per heavy atom. The van der Waals surface area contributed by atoms with Crippen LogP contribution in [0.25, 0.3) is 0 Å². The number of halogens is 1. The molecule has 1 atom stereocenters. The van der Waals surface area contributed by atoms with Crippen LogP contribution in [0.5, 0.6) is 0 Å². The predicted octanol–water partition coefficient (Wildman–Crippen LogP) is 1.22. The summed E-state index contributed by atoms with van der Waals surface area (Å²) in [5, 5.41) is 0.691. The molecule has 58 valence electrons. The highest BCUT2D eigenvalue weighted by molar-refractivity contribution is 9.09. The molecule has 4 heteroatoms. The predicted molar refractivity (Wildman–Crippen MR) is 41.3 cm³/mol. The highest BCUT2D eigenvalue weighted by Gasteiger charge is 2.38. The summed E-state index contributed by atoms with van der Waals surface area (Å²) < 4.78 is 5.05. The molecule has 0 aliphatic carbocycles. The second-order valence-corrected chi connectivity index (χ2v) is 3.37. The average molecular weight is 208 g/mol. The van der Waals surface area contributed by atoms with E-state index in [1.54, 1.807) is 11.9 Å². The summed E-state index contributed by atoms with van der Waals surface area (Å²) in [4.78, 5) is 12.4. The summed E-state index contributed by atoms with van der Waals surface area (Å²) in [6.07, 6.45) is -0.234. The number of nitrogens with zero attached hydrogens (tertiary/aromatic N) is 1. The van der Waals surface area contributed by atoms with Gasteiger partial charge in [-0.1, -0.05) is 15.9 Å². The van der Waals surface area contributed by atoms with Gasteiger partial charge in [0.25, 0.3) is 0 Å². The molecule has 0 spiro atoms. The minimum atomic E-state index is -0.328. The second-order valence-electron chi connectivity index (χ2n) is 2.81. The van der Waals surface area contributed by atoms with Crippen LogP contribution in [0.4, 0.5) is 4.79 Å². The van der Waals surface area contributed by atoms with Crippen molar-refractivity contribution in [2.24, 2.45) is 0 Å². The zero-order valence-corrected chi connectivity index (χ0v) is 7.64. The second kappa shape index (κ2) is 2.42. The quantitative estimate of drug-likeness (QED) is 0.606. The Bertz CT molecular complexity index is 162. The van der Waals surface area contributed by atoms with Crippen LogP contribution in [-0.4, -0.2) is 35.5 Å². The van der Waals surface area contributed by atoms with Gasteiger partial charge in [-0.3, -0.25) is 0 Å². The van der Waals surface area contributed by atoms with Crippen molar-refractivity contribution in [3.8, 4) is 0 Å². The maximum absolute atomic E-state index is 10.8. The molecule has 10 heavy (non-hydrogen) atoms. The zero-order valence-electron chi connectivity index (χ0n) is 6.06. The summed E-state index contributed by atoms with van der Waals surface area (Å²) in [5.41, 5.74) is -0.328. The van der Waals surface area contributed by atoms with Crippen LogP contribution in [-0.2, 0) is 4.74 Å². The van der Waals surface area contributed by atoms with Crippen molar-refractivity contribution in [2.75, 3.05) is 18.9 Å². The van der Waals surface area contributed by atoms with Gasteiger partial charge in [-0.2, -0.15) is 0 Å². The normalized spacial score (nSPS) is 32.7. The SMILES string of the molecule is CN1CC(C)(CBr)OC1=O. The third kappa shape index (κ3) is 1.26. The molecule has 0 saturated carbocycles. The van der Waals surface area contributed by atoms with E-state index in [0.717, 1.165) is 0 Å². The van der Waals surface area contributed by atoms with Gasteiger partial charge in [0.2, 0.25) is 0 Å². The van der Waals surface area contributed by atoms with E-state index in [2.05, 4.69) is 15.9 Å². The third-order valence-electron chi connectivity index (χ3n) is 1.50. The van der Waals surface area contributed by atoms with E-state index in [4.69, 9.17) is 4.74 Å². The molecule has 0 bridgehead atoms. The fraction of sp³-hybridized carbons (Fsp3) is 0.833. The first-order valence-electron chi connectivity index (χ1n) is 3.07. The first-order chi connectivity index (χ1) is 4.57. The van der Waals surface area contributed by atoms with Crippen LogP contribution in [0.3, 0.4) is 0 Å². The van der Waals surface area contributed by atoms with Crippen LogP contribution in [0, 0.1) is 0 Å². The molecular formula is C6H10BrNO2. The van der Waals surface area contributed by atoms with E-state index in [9.17, 15) is 4.79 Å². The summed E-state index contributed by atoms with van der Waals surface area (Å²) in [5.74, 6) is 0. The number of hydrogen-bond acceptors (Lipinski definition) is 2. The molecule has 1 rings (SSSR count). The molecule has 1 saturated heterocycles. The van der Waals surface area contributed by atoms with Gasteiger partial charge in [0.05, 0.1) is 6.54 Å². The molecule has 0 N–H and O–H groups in total. The Balaban J connectivity index is 2.64. The first-order valence-corrected chi connectivity index (χ1v) is 4.20. The Kier molecular flexibility index (Phi) is 1.90. The molecule has 1 aliphatic heterocycles. The van der Waals surface area contributed by atoms with Gasteiger partial charge in [0, 0.05) is 12.4 Å². The van der Waals surface area contributed by atoms with Crippen molar-refractivity contribution in [1.82, 2.24) is 4.90 Å². The molecule has 1 amide bonds. The molecule has 0 aromatic rings. The number of alkyl halides is 1. The topological polar surface area (TPSA) is 29.5 Å².